The molecular weight excluding hydrogens is 350 g/mol. The quantitative estimate of drug-likeness (QED) is 0.344. The van der Waals surface area contributed by atoms with Crippen LogP contribution in [0.15, 0.2) is 17.1 Å². The Hall–Kier alpha value is -0.850. The molecule has 1 aliphatic heterocycles. The molecule has 0 amide bonds. The number of aliphatic hydroxyl groups is 2. The number of unbranched alkanes of at least 4 members (excludes halogenated alkanes) is 2. The summed E-state index contributed by atoms with van der Waals surface area (Å²) in [5, 5.41) is 21.6. The fourth-order valence-corrected chi connectivity index (χ4v) is 4.86. The summed E-state index contributed by atoms with van der Waals surface area (Å²) in [6.45, 7) is 2.16. The molecule has 0 radical (unpaired) electrons. The van der Waals surface area contributed by atoms with Gasteiger partial charge in [-0.05, 0) is 30.9 Å². The van der Waals surface area contributed by atoms with Crippen molar-refractivity contribution in [1.82, 2.24) is 0 Å². The van der Waals surface area contributed by atoms with Gasteiger partial charge in [0.15, 0.2) is 0 Å². The zero-order chi connectivity index (χ0) is 18.9. The maximum Gasteiger partial charge on any atom is 0.305 e. The van der Waals surface area contributed by atoms with Crippen molar-refractivity contribution in [2.24, 2.45) is 16.8 Å². The third-order valence-electron chi connectivity index (χ3n) is 5.32. The summed E-state index contributed by atoms with van der Waals surface area (Å²) < 4.78 is 4.65. The first-order chi connectivity index (χ1) is 12.5. The molecule has 1 aliphatic carbocycles. The lowest BCUT2D eigenvalue weighted by molar-refractivity contribution is -0.140. The molecule has 0 aromatic rings. The Morgan fingerprint density at radius 3 is 2.96 bits per heavy atom. The van der Waals surface area contributed by atoms with Gasteiger partial charge >= 0.3 is 5.97 Å². The SMILES string of the molecule is CCCCC[C@@H](O)/C=C/[C@@H]1[C@H]2CC(SCCCC(=O)OC)=N[C@H]2C[C@H]1O. The molecule has 0 aromatic carbocycles. The van der Waals surface area contributed by atoms with Crippen LogP contribution in [0.4, 0.5) is 0 Å². The van der Waals surface area contributed by atoms with E-state index in [1.807, 2.05) is 12.2 Å². The lowest BCUT2D eigenvalue weighted by Gasteiger charge is -2.17. The van der Waals surface area contributed by atoms with Crippen LogP contribution in [0, 0.1) is 11.8 Å². The normalized spacial score (nSPS) is 29.0. The molecule has 0 unspecified atom stereocenters. The van der Waals surface area contributed by atoms with E-state index in [4.69, 9.17) is 4.99 Å². The van der Waals surface area contributed by atoms with E-state index in [9.17, 15) is 15.0 Å². The Labute approximate surface area is 161 Å². The van der Waals surface area contributed by atoms with E-state index < -0.39 is 6.10 Å². The van der Waals surface area contributed by atoms with Gasteiger partial charge in [0.1, 0.15) is 0 Å². The smallest absolute Gasteiger partial charge is 0.305 e. The summed E-state index contributed by atoms with van der Waals surface area (Å²) in [7, 11) is 1.41. The van der Waals surface area contributed by atoms with Crippen molar-refractivity contribution in [3.8, 4) is 0 Å². The maximum absolute atomic E-state index is 11.1. The molecule has 2 N–H and O–H groups in total. The van der Waals surface area contributed by atoms with Crippen molar-refractivity contribution in [2.45, 2.75) is 76.5 Å². The number of ether oxygens (including phenoxy) is 1. The van der Waals surface area contributed by atoms with Crippen molar-refractivity contribution in [3.05, 3.63) is 12.2 Å². The van der Waals surface area contributed by atoms with E-state index >= 15 is 0 Å². The van der Waals surface area contributed by atoms with Crippen molar-refractivity contribution in [2.75, 3.05) is 12.9 Å². The number of fused-ring (bicyclic) bond motifs is 1. The molecule has 2 rings (SSSR count). The second-order valence-electron chi connectivity index (χ2n) is 7.31. The third kappa shape index (κ3) is 6.39. The summed E-state index contributed by atoms with van der Waals surface area (Å²) in [6, 6.07) is 0.194. The first-order valence-electron chi connectivity index (χ1n) is 9.85. The van der Waals surface area contributed by atoms with Crippen molar-refractivity contribution in [3.63, 3.8) is 0 Å². The molecule has 26 heavy (non-hydrogen) atoms. The highest BCUT2D eigenvalue weighted by Crippen LogP contribution is 2.43. The Morgan fingerprint density at radius 2 is 2.23 bits per heavy atom. The number of methoxy groups -OCH3 is 1. The minimum Gasteiger partial charge on any atom is -0.469 e. The minimum absolute atomic E-state index is 0.0812. The van der Waals surface area contributed by atoms with E-state index in [0.29, 0.717) is 18.8 Å². The largest absolute Gasteiger partial charge is 0.469 e. The summed E-state index contributed by atoms with van der Waals surface area (Å²) >= 11 is 1.72. The first kappa shape index (κ1) is 21.5. The number of thioether (sulfide) groups is 1. The third-order valence-corrected chi connectivity index (χ3v) is 6.41. The number of carbonyl (C=O) groups is 1. The molecule has 0 bridgehead atoms. The molecule has 0 saturated heterocycles. The molecule has 1 fully saturated rings. The molecule has 0 aromatic heterocycles. The van der Waals surface area contributed by atoms with Gasteiger partial charge in [0.2, 0.25) is 0 Å². The van der Waals surface area contributed by atoms with Crippen LogP contribution in [-0.4, -0.2) is 52.3 Å². The Bertz CT molecular complexity index is 508. The van der Waals surface area contributed by atoms with Crippen LogP contribution in [0.25, 0.3) is 0 Å². The van der Waals surface area contributed by atoms with Gasteiger partial charge in [-0.1, -0.05) is 38.3 Å². The predicted octanol–water partition coefficient (Wildman–Crippen LogP) is 3.34. The van der Waals surface area contributed by atoms with E-state index in [0.717, 1.165) is 49.3 Å². The second kappa shape index (κ2) is 11.1. The molecule has 2 aliphatic rings. The van der Waals surface area contributed by atoms with Crippen LogP contribution in [0.5, 0.6) is 0 Å². The van der Waals surface area contributed by atoms with Crippen molar-refractivity contribution < 1.29 is 19.7 Å². The molecule has 1 heterocycles. The summed E-state index contributed by atoms with van der Waals surface area (Å²) in [5.74, 6) is 1.12. The van der Waals surface area contributed by atoms with Crippen molar-refractivity contribution in [1.29, 1.82) is 0 Å². The van der Waals surface area contributed by atoms with Gasteiger partial charge in [-0.15, -0.1) is 11.8 Å². The minimum atomic E-state index is -0.415. The molecule has 5 atom stereocenters. The van der Waals surface area contributed by atoms with Gasteiger partial charge in [-0.2, -0.15) is 0 Å². The number of nitrogens with zero attached hydrogens (tertiary/aromatic N) is 1. The van der Waals surface area contributed by atoms with Crippen LogP contribution in [0.1, 0.15) is 58.3 Å². The number of hydrogen-bond acceptors (Lipinski definition) is 6. The lowest BCUT2D eigenvalue weighted by Crippen LogP contribution is -2.19. The highest BCUT2D eigenvalue weighted by molar-refractivity contribution is 8.13. The number of esters is 1. The standard InChI is InChI=1S/C20H33NO4S/c1-3-4-5-7-14(22)9-10-15-16-12-19(21-17(16)13-18(15)23)26-11-6-8-20(24)25-2/h9-10,14-18,22-23H,3-8,11-13H2,1-2H3/b10-9+/t14-,15-,16-,17+,18-/m1/s1. The number of carbonyl (C=O) groups excluding carboxylic acids is 1. The average molecular weight is 384 g/mol. The predicted molar refractivity (Wildman–Crippen MR) is 106 cm³/mol. The second-order valence-corrected chi connectivity index (χ2v) is 8.48. The highest BCUT2D eigenvalue weighted by Gasteiger charge is 2.44. The van der Waals surface area contributed by atoms with Gasteiger partial charge < -0.3 is 14.9 Å². The van der Waals surface area contributed by atoms with Crippen molar-refractivity contribution >= 4 is 22.8 Å². The first-order valence-corrected chi connectivity index (χ1v) is 10.8. The molecule has 148 valence electrons. The zero-order valence-electron chi connectivity index (χ0n) is 16.0. The van der Waals surface area contributed by atoms with Gasteiger partial charge in [0, 0.05) is 18.8 Å². The number of rotatable bonds is 10. The number of aliphatic imine (C=N–C) groups is 1. The van der Waals surface area contributed by atoms with E-state index in [2.05, 4.69) is 11.7 Å². The lowest BCUT2D eigenvalue weighted by atomic mass is 9.91. The summed E-state index contributed by atoms with van der Waals surface area (Å²) in [4.78, 5) is 15.9. The molecule has 5 nitrogen and oxygen atoms in total. The molecule has 0 spiro atoms. The van der Waals surface area contributed by atoms with Gasteiger partial charge in [0.05, 0.1) is 30.4 Å². The Morgan fingerprint density at radius 1 is 1.42 bits per heavy atom. The van der Waals surface area contributed by atoms with Crippen LogP contribution in [0.3, 0.4) is 0 Å². The van der Waals surface area contributed by atoms with Crippen LogP contribution < -0.4 is 0 Å². The Balaban J connectivity index is 1.76. The van der Waals surface area contributed by atoms with Gasteiger partial charge in [0.25, 0.3) is 0 Å². The monoisotopic (exact) mass is 383 g/mol. The van der Waals surface area contributed by atoms with Crippen LogP contribution >= 0.6 is 11.8 Å². The number of aliphatic hydroxyl groups excluding tert-OH is 2. The fourth-order valence-electron chi connectivity index (χ4n) is 3.81. The van der Waals surface area contributed by atoms with Gasteiger partial charge in [-0.25, -0.2) is 0 Å². The molecule has 1 saturated carbocycles. The number of hydrogen-bond donors (Lipinski definition) is 2. The topological polar surface area (TPSA) is 79.1 Å². The summed E-state index contributed by atoms with van der Waals surface area (Å²) in [5.41, 5.74) is 0. The van der Waals surface area contributed by atoms with Crippen LogP contribution in [0.2, 0.25) is 0 Å². The van der Waals surface area contributed by atoms with E-state index in [1.54, 1.807) is 11.8 Å². The summed E-state index contributed by atoms with van der Waals surface area (Å²) in [6.07, 6.45) is 10.1. The maximum atomic E-state index is 11.1. The van der Waals surface area contributed by atoms with E-state index in [1.165, 1.54) is 7.11 Å². The highest BCUT2D eigenvalue weighted by atomic mass is 32.2. The molecule has 6 heteroatoms. The molecular formula is C20H33NO4S. The van der Waals surface area contributed by atoms with Crippen LogP contribution in [-0.2, 0) is 9.53 Å². The van der Waals surface area contributed by atoms with Gasteiger partial charge in [-0.3, -0.25) is 9.79 Å². The average Bonchev–Trinajstić information content (AvgIpc) is 3.13. The fraction of sp³-hybridized carbons (Fsp3) is 0.800. The Kier molecular flexibility index (Phi) is 9.16. The zero-order valence-corrected chi connectivity index (χ0v) is 16.8. The van der Waals surface area contributed by atoms with E-state index in [-0.39, 0.29) is 24.0 Å².